The zero-order chi connectivity index (χ0) is 52.3. The molecule has 1 N–H and O–H groups in total. The minimum atomic E-state index is -0.347. The van der Waals surface area contributed by atoms with Crippen LogP contribution in [0.4, 0.5) is 0 Å². The van der Waals surface area contributed by atoms with Gasteiger partial charge in [-0.05, 0) is 126 Å². The summed E-state index contributed by atoms with van der Waals surface area (Å²) in [6.07, 6.45) is 3.41. The first-order chi connectivity index (χ1) is 35.1. The quantitative estimate of drug-likeness (QED) is 0.164. The Balaban J connectivity index is 1.30. The van der Waals surface area contributed by atoms with Crippen LogP contribution in [0.1, 0.15) is 105 Å². The topological polar surface area (TPSA) is 76.7 Å². The van der Waals surface area contributed by atoms with E-state index in [1.54, 1.807) is 12.5 Å². The molecule has 0 fully saturated rings. The highest BCUT2D eigenvalue weighted by atomic mass is 16.3. The van der Waals surface area contributed by atoms with Crippen molar-refractivity contribution < 1.29 is 5.11 Å². The van der Waals surface area contributed by atoms with Gasteiger partial charge in [0.05, 0.1) is 23.3 Å². The number of benzene rings is 7. The molecule has 0 unspecified atom stereocenters. The monoisotopic (exact) mass is 970 g/mol. The first-order valence-electron chi connectivity index (χ1n) is 25.8. The Morgan fingerprint density at radius 1 is 0.405 bits per heavy atom. The van der Waals surface area contributed by atoms with Crippen LogP contribution in [0.5, 0.6) is 5.75 Å². The number of aromatic hydroxyl groups is 1. The lowest BCUT2D eigenvalue weighted by molar-refractivity contribution is 0.446. The fraction of sp³-hybridized carbons (Fsp3) is 0.235. The van der Waals surface area contributed by atoms with Gasteiger partial charge in [-0.3, -0.25) is 4.57 Å². The minimum Gasteiger partial charge on any atom is -0.507 e. The lowest BCUT2D eigenvalue weighted by atomic mass is 9.78. The Kier molecular flexibility index (Phi) is 12.6. The zero-order valence-electron chi connectivity index (χ0n) is 45.0. The first-order valence-corrected chi connectivity index (χ1v) is 25.8. The summed E-state index contributed by atoms with van der Waals surface area (Å²) in [5.74, 6) is 0.988. The van der Waals surface area contributed by atoms with Crippen molar-refractivity contribution in [3.05, 3.63) is 205 Å². The Labute approximate surface area is 438 Å². The van der Waals surface area contributed by atoms with Crippen LogP contribution in [0, 0.1) is 0 Å². The highest BCUT2D eigenvalue weighted by Crippen LogP contribution is 2.47. The van der Waals surface area contributed by atoms with Gasteiger partial charge >= 0.3 is 0 Å². The molecule has 0 saturated carbocycles. The Morgan fingerprint density at radius 3 is 1.50 bits per heavy atom. The predicted molar refractivity (Wildman–Crippen MR) is 309 cm³/mol. The third kappa shape index (κ3) is 9.69. The molecule has 6 nitrogen and oxygen atoms in total. The number of aromatic nitrogens is 5. The number of fused-ring (bicyclic) bond motifs is 1. The molecule has 0 saturated heterocycles. The van der Waals surface area contributed by atoms with Crippen LogP contribution in [-0.2, 0) is 21.7 Å². The second-order valence-corrected chi connectivity index (χ2v) is 23.9. The SMILES string of the molecule is CC(C)(C)c1cc(-c2cc(-c3c(-c4ccccc4)cccc3-c3ccccc3)cc(-c3cc(C(C)(C)C)cc(C(C)(C)C)c3O)n2)cc(-c2nc3cncnc3n2-c2ccc(C(C)(C)C)cc2-c2ccccc2)c1. The maximum absolute atomic E-state index is 12.6. The van der Waals surface area contributed by atoms with Gasteiger partial charge in [0, 0.05) is 27.8 Å². The van der Waals surface area contributed by atoms with E-state index in [1.165, 1.54) is 5.56 Å². The van der Waals surface area contributed by atoms with Crippen molar-refractivity contribution in [3.63, 3.8) is 0 Å². The number of phenolic OH excluding ortho intramolecular Hbond substituents is 1. The van der Waals surface area contributed by atoms with Crippen molar-refractivity contribution in [2.75, 3.05) is 0 Å². The van der Waals surface area contributed by atoms with E-state index in [0.717, 1.165) is 95.2 Å². The number of imidazole rings is 1. The number of phenols is 1. The molecule has 0 amide bonds. The van der Waals surface area contributed by atoms with Crippen LogP contribution < -0.4 is 0 Å². The van der Waals surface area contributed by atoms with Crippen molar-refractivity contribution in [1.82, 2.24) is 24.5 Å². The van der Waals surface area contributed by atoms with E-state index in [2.05, 4.69) is 262 Å². The smallest absolute Gasteiger partial charge is 0.168 e. The number of nitrogens with zero attached hydrogens (tertiary/aromatic N) is 5. The maximum Gasteiger partial charge on any atom is 0.168 e. The van der Waals surface area contributed by atoms with Crippen LogP contribution in [-0.4, -0.2) is 29.6 Å². The van der Waals surface area contributed by atoms with Gasteiger partial charge in [0.1, 0.15) is 23.4 Å². The summed E-state index contributed by atoms with van der Waals surface area (Å²) in [5.41, 5.74) is 18.5. The Morgan fingerprint density at radius 2 is 0.932 bits per heavy atom. The molecular formula is C68H67N5O. The van der Waals surface area contributed by atoms with E-state index in [4.69, 9.17) is 15.0 Å². The van der Waals surface area contributed by atoms with Crippen LogP contribution in [0.15, 0.2) is 182 Å². The molecule has 0 spiro atoms. The molecule has 0 aliphatic rings. The van der Waals surface area contributed by atoms with Crippen molar-refractivity contribution >= 4 is 11.2 Å². The summed E-state index contributed by atoms with van der Waals surface area (Å²) in [6, 6.07) is 60.8. The van der Waals surface area contributed by atoms with E-state index >= 15 is 0 Å². The van der Waals surface area contributed by atoms with Gasteiger partial charge in [-0.2, -0.15) is 0 Å². The summed E-state index contributed by atoms with van der Waals surface area (Å²) >= 11 is 0. The van der Waals surface area contributed by atoms with Gasteiger partial charge < -0.3 is 5.11 Å². The molecule has 3 aromatic heterocycles. The summed E-state index contributed by atoms with van der Waals surface area (Å²) < 4.78 is 2.21. The van der Waals surface area contributed by atoms with Crippen LogP contribution in [0.3, 0.4) is 0 Å². The third-order valence-corrected chi connectivity index (χ3v) is 14.3. The van der Waals surface area contributed by atoms with Crippen LogP contribution in [0.2, 0.25) is 0 Å². The molecule has 10 rings (SSSR count). The van der Waals surface area contributed by atoms with Crippen molar-refractivity contribution in [3.8, 4) is 89.8 Å². The first kappa shape index (κ1) is 49.6. The lowest BCUT2D eigenvalue weighted by Gasteiger charge is -2.28. The second kappa shape index (κ2) is 18.8. The number of pyridine rings is 1. The van der Waals surface area contributed by atoms with E-state index in [9.17, 15) is 5.11 Å². The molecule has 370 valence electrons. The van der Waals surface area contributed by atoms with E-state index in [-0.39, 0.29) is 27.4 Å². The molecule has 6 heteroatoms. The van der Waals surface area contributed by atoms with Gasteiger partial charge in [0.25, 0.3) is 0 Å². The van der Waals surface area contributed by atoms with Gasteiger partial charge in [0.2, 0.25) is 0 Å². The summed E-state index contributed by atoms with van der Waals surface area (Å²) in [7, 11) is 0. The van der Waals surface area contributed by atoms with Crippen molar-refractivity contribution in [2.24, 2.45) is 0 Å². The molecule has 74 heavy (non-hydrogen) atoms. The summed E-state index contributed by atoms with van der Waals surface area (Å²) in [6.45, 7) is 26.7. The molecular weight excluding hydrogens is 903 g/mol. The van der Waals surface area contributed by atoms with Gasteiger partial charge in [-0.15, -0.1) is 0 Å². The lowest BCUT2D eigenvalue weighted by Crippen LogP contribution is -2.17. The largest absolute Gasteiger partial charge is 0.507 e. The van der Waals surface area contributed by atoms with E-state index in [1.807, 2.05) is 0 Å². The van der Waals surface area contributed by atoms with E-state index < -0.39 is 0 Å². The fourth-order valence-electron chi connectivity index (χ4n) is 10.0. The van der Waals surface area contributed by atoms with E-state index in [0.29, 0.717) is 16.8 Å². The van der Waals surface area contributed by atoms with Gasteiger partial charge in [-0.25, -0.2) is 19.9 Å². The van der Waals surface area contributed by atoms with Gasteiger partial charge in [0.15, 0.2) is 5.65 Å². The summed E-state index contributed by atoms with van der Waals surface area (Å²) in [5, 5.41) is 12.6. The molecule has 0 radical (unpaired) electrons. The van der Waals surface area contributed by atoms with Crippen molar-refractivity contribution in [2.45, 2.75) is 105 Å². The molecule has 0 atom stereocenters. The molecule has 10 aromatic rings. The van der Waals surface area contributed by atoms with Crippen LogP contribution >= 0.6 is 0 Å². The minimum absolute atomic E-state index is 0.0803. The summed E-state index contributed by atoms with van der Waals surface area (Å²) in [4.78, 5) is 20.5. The second-order valence-electron chi connectivity index (χ2n) is 23.9. The van der Waals surface area contributed by atoms with Crippen molar-refractivity contribution in [1.29, 1.82) is 0 Å². The third-order valence-electron chi connectivity index (χ3n) is 14.3. The molecule has 0 aliphatic carbocycles. The molecule has 0 aliphatic heterocycles. The predicted octanol–water partition coefficient (Wildman–Crippen LogP) is 17.8. The zero-order valence-corrected chi connectivity index (χ0v) is 45.0. The van der Waals surface area contributed by atoms with Gasteiger partial charge in [-0.1, -0.05) is 204 Å². The molecule has 3 heterocycles. The normalized spacial score (nSPS) is 12.4. The standard InChI is InChI=1S/C68H67N5O/c1-65(2,3)49-31-32-60(54(38-49)45-27-20-15-21-28-45)73-63(72-59-41-69-42-70-64(59)73)48-33-46(34-50(35-48)66(4,5)6)57-36-47(37-58(71-57)55-39-51(67(7,8)9)40-56(62(55)74)68(10,11)12)61-52(43-23-16-13-17-24-43)29-22-30-53(61)44-25-18-14-19-26-44/h13-42,74H,1-12H3. The highest BCUT2D eigenvalue weighted by molar-refractivity contribution is 5.97. The fourth-order valence-corrected chi connectivity index (χ4v) is 10.0. The number of hydrogen-bond acceptors (Lipinski definition) is 5. The Hall–Kier alpha value is -7.96. The number of hydrogen-bond donors (Lipinski definition) is 1. The Bertz CT molecular complexity index is 3640. The highest BCUT2D eigenvalue weighted by Gasteiger charge is 2.29. The average Bonchev–Trinajstić information content (AvgIpc) is 3.77. The van der Waals surface area contributed by atoms with Crippen LogP contribution in [0.25, 0.3) is 95.3 Å². The molecule has 0 bridgehead atoms. The average molecular weight is 970 g/mol. The number of rotatable bonds is 8. The maximum atomic E-state index is 12.6. The molecule has 7 aromatic carbocycles.